The van der Waals surface area contributed by atoms with Crippen molar-refractivity contribution in [2.45, 2.75) is 31.7 Å². The molecule has 2 aromatic carbocycles. The van der Waals surface area contributed by atoms with E-state index in [1.54, 1.807) is 11.0 Å². The fourth-order valence-electron chi connectivity index (χ4n) is 6.11. The number of hydrogen-bond acceptors (Lipinski definition) is 7. The van der Waals surface area contributed by atoms with E-state index in [9.17, 15) is 14.7 Å². The van der Waals surface area contributed by atoms with Crippen LogP contribution in [0.25, 0.3) is 0 Å². The highest BCUT2D eigenvalue weighted by Gasteiger charge is 2.47. The summed E-state index contributed by atoms with van der Waals surface area (Å²) in [5.74, 6) is -0.753. The van der Waals surface area contributed by atoms with Crippen molar-refractivity contribution in [3.05, 3.63) is 87.1 Å². The van der Waals surface area contributed by atoms with Gasteiger partial charge in [0.1, 0.15) is 30.4 Å². The highest BCUT2D eigenvalue weighted by atomic mass is 19.1. The Morgan fingerprint density at radius 2 is 1.89 bits per heavy atom. The smallest absolute Gasteiger partial charge is 0.278 e. The molecular formula is C27H25FN4O5. The van der Waals surface area contributed by atoms with Gasteiger partial charge in [-0.3, -0.25) is 19.3 Å². The maximum atomic E-state index is 15.9. The van der Waals surface area contributed by atoms with E-state index in [4.69, 9.17) is 9.47 Å². The van der Waals surface area contributed by atoms with Gasteiger partial charge in [-0.2, -0.15) is 0 Å². The SMILES string of the molecule is CC1COc2cccc3c2N1Cc1cccc(F)c1C3N1[C@@H]2COCCN2C(=O)c2c(O)c(=O)ccn21. The quantitative estimate of drug-likeness (QED) is 0.544. The van der Waals surface area contributed by atoms with E-state index >= 15 is 4.39 Å². The number of aromatic nitrogens is 1. The number of ether oxygens (including phenoxy) is 2. The van der Waals surface area contributed by atoms with Crippen LogP contribution in [0.5, 0.6) is 11.5 Å². The van der Waals surface area contributed by atoms with Gasteiger partial charge in [0.05, 0.1) is 24.9 Å². The van der Waals surface area contributed by atoms with Crippen LogP contribution in [0.15, 0.2) is 53.5 Å². The number of morpholine rings is 1. The number of fused-ring (bicyclic) bond motifs is 3. The summed E-state index contributed by atoms with van der Waals surface area (Å²) >= 11 is 0. The lowest BCUT2D eigenvalue weighted by Gasteiger charge is -2.51. The second-order valence-electron chi connectivity index (χ2n) is 9.85. The topological polar surface area (TPSA) is 87.5 Å². The highest BCUT2D eigenvalue weighted by Crippen LogP contribution is 2.49. The predicted molar refractivity (Wildman–Crippen MR) is 132 cm³/mol. The van der Waals surface area contributed by atoms with Gasteiger partial charge in [0.25, 0.3) is 5.91 Å². The molecule has 1 saturated heterocycles. The van der Waals surface area contributed by atoms with Crippen LogP contribution >= 0.6 is 0 Å². The van der Waals surface area contributed by atoms with Crippen molar-refractivity contribution in [3.63, 3.8) is 0 Å². The number of nitrogens with zero attached hydrogens (tertiary/aromatic N) is 4. The molecule has 7 rings (SSSR count). The second-order valence-corrected chi connectivity index (χ2v) is 9.85. The van der Waals surface area contributed by atoms with Crippen LogP contribution in [0, 0.1) is 5.82 Å². The van der Waals surface area contributed by atoms with Crippen molar-refractivity contribution in [2.24, 2.45) is 0 Å². The van der Waals surface area contributed by atoms with Crippen LogP contribution in [-0.2, 0) is 11.3 Å². The lowest BCUT2D eigenvalue weighted by Crippen LogP contribution is -2.66. The molecule has 1 N–H and O–H groups in total. The van der Waals surface area contributed by atoms with Crippen LogP contribution in [0.1, 0.15) is 40.1 Å². The van der Waals surface area contributed by atoms with E-state index < -0.39 is 29.3 Å². The van der Waals surface area contributed by atoms with Gasteiger partial charge >= 0.3 is 0 Å². The molecule has 9 nitrogen and oxygen atoms in total. The molecule has 37 heavy (non-hydrogen) atoms. The van der Waals surface area contributed by atoms with Gasteiger partial charge in [-0.15, -0.1) is 0 Å². The van der Waals surface area contributed by atoms with Crippen molar-refractivity contribution in [3.8, 4) is 11.5 Å². The number of carbonyl (C=O) groups excluding carboxylic acids is 1. The zero-order chi connectivity index (χ0) is 25.4. The second kappa shape index (κ2) is 7.97. The first-order valence-corrected chi connectivity index (χ1v) is 12.4. The van der Waals surface area contributed by atoms with Gasteiger partial charge in [-0.25, -0.2) is 4.39 Å². The van der Waals surface area contributed by atoms with Gasteiger partial charge < -0.3 is 24.4 Å². The third-order valence-electron chi connectivity index (χ3n) is 7.82. The van der Waals surface area contributed by atoms with Gasteiger partial charge in [0.15, 0.2) is 11.4 Å². The van der Waals surface area contributed by atoms with Gasteiger partial charge in [0.2, 0.25) is 5.43 Å². The molecule has 2 unspecified atom stereocenters. The van der Waals surface area contributed by atoms with Crippen LogP contribution in [-0.4, -0.2) is 59.2 Å². The summed E-state index contributed by atoms with van der Waals surface area (Å²) in [5, 5.41) is 12.6. The molecule has 3 aromatic rings. The number of halogens is 1. The molecule has 1 amide bonds. The lowest BCUT2D eigenvalue weighted by molar-refractivity contribution is -0.0197. The van der Waals surface area contributed by atoms with E-state index in [1.165, 1.54) is 23.0 Å². The third kappa shape index (κ3) is 3.05. The van der Waals surface area contributed by atoms with E-state index in [2.05, 4.69) is 11.8 Å². The highest BCUT2D eigenvalue weighted by molar-refractivity contribution is 5.96. The number of anilines is 1. The number of rotatable bonds is 1. The summed E-state index contributed by atoms with van der Waals surface area (Å²) in [6.45, 7) is 3.85. The minimum atomic E-state index is -0.715. The Morgan fingerprint density at radius 3 is 2.76 bits per heavy atom. The number of aromatic hydroxyl groups is 1. The Morgan fingerprint density at radius 1 is 1.05 bits per heavy atom. The van der Waals surface area contributed by atoms with E-state index in [-0.39, 0.29) is 30.7 Å². The number of pyridine rings is 1. The summed E-state index contributed by atoms with van der Waals surface area (Å²) < 4.78 is 29.3. The summed E-state index contributed by atoms with van der Waals surface area (Å²) in [4.78, 5) is 29.7. The molecular weight excluding hydrogens is 479 g/mol. The fraction of sp³-hybridized carbons (Fsp3) is 0.333. The molecule has 4 aliphatic heterocycles. The van der Waals surface area contributed by atoms with Crippen LogP contribution < -0.4 is 20.1 Å². The average molecular weight is 505 g/mol. The van der Waals surface area contributed by atoms with Crippen molar-refractivity contribution < 1.29 is 23.8 Å². The van der Waals surface area contributed by atoms with E-state index in [0.29, 0.717) is 31.1 Å². The Kier molecular flexibility index (Phi) is 4.78. The summed E-state index contributed by atoms with van der Waals surface area (Å²) in [5.41, 5.74) is 2.17. The number of para-hydroxylation sites is 1. The zero-order valence-electron chi connectivity index (χ0n) is 20.1. The molecule has 1 fully saturated rings. The summed E-state index contributed by atoms with van der Waals surface area (Å²) in [6, 6.07) is 11.4. The summed E-state index contributed by atoms with van der Waals surface area (Å²) in [6.07, 6.45) is 0.872. The van der Waals surface area contributed by atoms with Gasteiger partial charge in [0, 0.05) is 36.5 Å². The Balaban J connectivity index is 1.56. The zero-order valence-corrected chi connectivity index (χ0v) is 20.1. The lowest BCUT2D eigenvalue weighted by atomic mass is 9.92. The van der Waals surface area contributed by atoms with Crippen molar-refractivity contribution in [1.29, 1.82) is 0 Å². The van der Waals surface area contributed by atoms with Crippen LogP contribution in [0.4, 0.5) is 10.1 Å². The van der Waals surface area contributed by atoms with Gasteiger partial charge in [-0.05, 0) is 24.6 Å². The molecule has 190 valence electrons. The third-order valence-corrected chi connectivity index (χ3v) is 7.82. The molecule has 10 heteroatoms. The molecule has 0 radical (unpaired) electrons. The van der Waals surface area contributed by atoms with Crippen molar-refractivity contribution in [2.75, 3.05) is 36.3 Å². The molecule has 1 aromatic heterocycles. The molecule has 0 aliphatic carbocycles. The Bertz CT molecular complexity index is 1510. The maximum Gasteiger partial charge on any atom is 0.278 e. The number of benzene rings is 2. The molecule has 4 aliphatic rings. The molecule has 0 bridgehead atoms. The largest absolute Gasteiger partial charge is 0.502 e. The molecule has 3 atom stereocenters. The van der Waals surface area contributed by atoms with Crippen molar-refractivity contribution >= 4 is 11.6 Å². The summed E-state index contributed by atoms with van der Waals surface area (Å²) in [7, 11) is 0. The first kappa shape index (κ1) is 22.2. The standard InChI is InChI=1S/C27H25FN4O5/c1-15-13-37-20-7-3-5-17-23(20)30(15)12-16-4-2-6-18(28)22(16)24(17)32-21-14-36-11-10-29(21)27(35)25-26(34)19(33)8-9-31(25)32/h2-9,15,21,24,34H,10-14H2,1H3/t15?,21-,24?/m1/s1. The Hall–Kier alpha value is -4.05. The fourth-order valence-corrected chi connectivity index (χ4v) is 6.11. The molecule has 5 heterocycles. The first-order chi connectivity index (χ1) is 18.0. The number of carbonyl (C=O) groups is 1. The van der Waals surface area contributed by atoms with E-state index in [0.717, 1.165) is 16.8 Å². The normalized spacial score (nSPS) is 23.9. The number of amides is 1. The Labute approximate surface area is 211 Å². The monoisotopic (exact) mass is 504 g/mol. The van der Waals surface area contributed by atoms with Crippen LogP contribution in [0.2, 0.25) is 0 Å². The van der Waals surface area contributed by atoms with Crippen molar-refractivity contribution in [1.82, 2.24) is 9.58 Å². The number of hydrogen-bond donors (Lipinski definition) is 1. The predicted octanol–water partition coefficient (Wildman–Crippen LogP) is 2.33. The maximum absolute atomic E-state index is 15.9. The molecule has 0 spiro atoms. The molecule has 0 saturated carbocycles. The minimum absolute atomic E-state index is 0.0490. The first-order valence-electron chi connectivity index (χ1n) is 12.4. The average Bonchev–Trinajstić information content (AvgIpc) is 3.05. The minimum Gasteiger partial charge on any atom is -0.502 e. The van der Waals surface area contributed by atoms with E-state index in [1.807, 2.05) is 29.3 Å². The van der Waals surface area contributed by atoms with Crippen LogP contribution in [0.3, 0.4) is 0 Å². The van der Waals surface area contributed by atoms with Gasteiger partial charge in [-0.1, -0.05) is 24.3 Å².